The van der Waals surface area contributed by atoms with E-state index in [9.17, 15) is 14.7 Å². The van der Waals surface area contributed by atoms with Crippen LogP contribution in [-0.4, -0.2) is 43.4 Å². The van der Waals surface area contributed by atoms with Crippen molar-refractivity contribution in [2.24, 2.45) is 11.0 Å². The highest BCUT2D eigenvalue weighted by molar-refractivity contribution is 9.10. The molecular formula is C21H24BrN3O5. The van der Waals surface area contributed by atoms with Crippen LogP contribution in [-0.2, 0) is 4.79 Å². The topological polar surface area (TPSA) is 109 Å². The number of nitrogens with one attached hydrogen (secondary N) is 2. The summed E-state index contributed by atoms with van der Waals surface area (Å²) < 4.78 is 10.6. The lowest BCUT2D eigenvalue weighted by atomic mass is 10.0. The molecule has 0 radical (unpaired) electrons. The van der Waals surface area contributed by atoms with E-state index in [0.29, 0.717) is 21.3 Å². The van der Waals surface area contributed by atoms with Gasteiger partial charge >= 0.3 is 0 Å². The largest absolute Gasteiger partial charge is 0.503 e. The summed E-state index contributed by atoms with van der Waals surface area (Å²) in [6, 6.07) is 9.01. The second-order valence-electron chi connectivity index (χ2n) is 6.71. The van der Waals surface area contributed by atoms with E-state index in [1.807, 2.05) is 13.8 Å². The van der Waals surface area contributed by atoms with Crippen molar-refractivity contribution in [1.82, 2.24) is 10.7 Å². The van der Waals surface area contributed by atoms with E-state index >= 15 is 0 Å². The van der Waals surface area contributed by atoms with Gasteiger partial charge in [0.2, 0.25) is 0 Å². The fourth-order valence-electron chi connectivity index (χ4n) is 2.57. The van der Waals surface area contributed by atoms with Crippen LogP contribution >= 0.6 is 15.9 Å². The van der Waals surface area contributed by atoms with E-state index < -0.39 is 11.9 Å². The Kier molecular flexibility index (Phi) is 8.23. The van der Waals surface area contributed by atoms with Crippen LogP contribution in [0.5, 0.6) is 17.2 Å². The van der Waals surface area contributed by atoms with E-state index in [-0.39, 0.29) is 23.3 Å². The fourth-order valence-corrected chi connectivity index (χ4v) is 3.03. The predicted octanol–water partition coefficient (Wildman–Crippen LogP) is 3.08. The van der Waals surface area contributed by atoms with Crippen LogP contribution in [0.1, 0.15) is 29.8 Å². The van der Waals surface area contributed by atoms with Crippen molar-refractivity contribution in [2.75, 3.05) is 14.2 Å². The summed E-state index contributed by atoms with van der Waals surface area (Å²) in [4.78, 5) is 25.0. The zero-order chi connectivity index (χ0) is 22.3. The first-order chi connectivity index (χ1) is 14.3. The van der Waals surface area contributed by atoms with Crippen LogP contribution in [0.4, 0.5) is 0 Å². The zero-order valence-electron chi connectivity index (χ0n) is 17.1. The van der Waals surface area contributed by atoms with Gasteiger partial charge in [-0.3, -0.25) is 9.59 Å². The highest BCUT2D eigenvalue weighted by atomic mass is 79.9. The Morgan fingerprint density at radius 1 is 1.13 bits per heavy atom. The van der Waals surface area contributed by atoms with E-state index in [4.69, 9.17) is 9.47 Å². The number of hydrogen-bond donors (Lipinski definition) is 3. The smallest absolute Gasteiger partial charge is 0.262 e. The molecule has 0 bridgehead atoms. The highest BCUT2D eigenvalue weighted by Crippen LogP contribution is 2.34. The minimum atomic E-state index is -0.780. The summed E-state index contributed by atoms with van der Waals surface area (Å²) in [6.45, 7) is 3.65. The molecule has 0 aromatic heterocycles. The summed E-state index contributed by atoms with van der Waals surface area (Å²) in [5.41, 5.74) is 3.45. The number of rotatable bonds is 8. The van der Waals surface area contributed by atoms with Crippen molar-refractivity contribution < 1.29 is 24.2 Å². The lowest BCUT2D eigenvalue weighted by Crippen LogP contribution is -2.48. The number of halogens is 1. The van der Waals surface area contributed by atoms with Gasteiger partial charge in [-0.2, -0.15) is 5.10 Å². The van der Waals surface area contributed by atoms with Crippen LogP contribution in [0, 0.1) is 5.92 Å². The quantitative estimate of drug-likeness (QED) is 0.399. The first-order valence-electron chi connectivity index (χ1n) is 9.11. The van der Waals surface area contributed by atoms with Crippen molar-refractivity contribution in [2.45, 2.75) is 19.9 Å². The van der Waals surface area contributed by atoms with Gasteiger partial charge in [0.25, 0.3) is 11.8 Å². The Morgan fingerprint density at radius 3 is 2.37 bits per heavy atom. The summed E-state index contributed by atoms with van der Waals surface area (Å²) in [5, 5.41) is 16.5. The molecular weight excluding hydrogens is 454 g/mol. The molecule has 0 saturated carbocycles. The van der Waals surface area contributed by atoms with Gasteiger partial charge in [-0.25, -0.2) is 5.43 Å². The summed E-state index contributed by atoms with van der Waals surface area (Å²) >= 11 is 3.22. The van der Waals surface area contributed by atoms with Gasteiger partial charge in [0.15, 0.2) is 11.5 Å². The Bertz CT molecular complexity index is 929. The molecule has 1 atom stereocenters. The van der Waals surface area contributed by atoms with Gasteiger partial charge in [-0.15, -0.1) is 0 Å². The van der Waals surface area contributed by atoms with Crippen LogP contribution in [0.2, 0.25) is 0 Å². The number of benzene rings is 2. The second-order valence-corrected chi connectivity index (χ2v) is 7.57. The number of aromatic hydroxyl groups is 1. The monoisotopic (exact) mass is 477 g/mol. The first kappa shape index (κ1) is 23.2. The number of amides is 2. The molecule has 0 saturated heterocycles. The molecule has 2 aromatic rings. The summed E-state index contributed by atoms with van der Waals surface area (Å²) in [6.07, 6.45) is 1.41. The Balaban J connectivity index is 2.05. The van der Waals surface area contributed by atoms with E-state index in [1.54, 1.807) is 43.5 Å². The van der Waals surface area contributed by atoms with Gasteiger partial charge in [-0.05, 0) is 63.8 Å². The normalized spacial score (nSPS) is 11.9. The number of carbonyl (C=O) groups is 2. The number of methoxy groups -OCH3 is 2. The number of hydrogen-bond acceptors (Lipinski definition) is 6. The minimum Gasteiger partial charge on any atom is -0.503 e. The van der Waals surface area contributed by atoms with Crippen molar-refractivity contribution in [3.05, 3.63) is 52.0 Å². The second kappa shape index (κ2) is 10.6. The number of hydrazone groups is 1. The maximum atomic E-state index is 12.6. The van der Waals surface area contributed by atoms with Crippen LogP contribution in [0.3, 0.4) is 0 Å². The summed E-state index contributed by atoms with van der Waals surface area (Å²) in [5.74, 6) is -0.110. The lowest BCUT2D eigenvalue weighted by molar-refractivity contribution is -0.123. The van der Waals surface area contributed by atoms with Crippen molar-refractivity contribution >= 4 is 34.0 Å². The molecule has 0 spiro atoms. The molecule has 2 rings (SSSR count). The average molecular weight is 478 g/mol. The van der Waals surface area contributed by atoms with Gasteiger partial charge in [0, 0.05) is 5.56 Å². The molecule has 0 heterocycles. The number of phenolic OH excluding ortho intramolecular Hbond substituents is 1. The maximum absolute atomic E-state index is 12.6. The number of carbonyl (C=O) groups excluding carboxylic acids is 2. The molecule has 2 aromatic carbocycles. The highest BCUT2D eigenvalue weighted by Gasteiger charge is 2.24. The Labute approximate surface area is 183 Å². The number of ether oxygens (including phenoxy) is 2. The van der Waals surface area contributed by atoms with E-state index in [0.717, 1.165) is 0 Å². The standard InChI is InChI=1S/C21H24BrN3O5/c1-12(2)18(24-20(27)14-5-7-15(29-3)8-6-14)21(28)25-23-11-13-9-16(22)19(26)17(10-13)30-4/h5-12,18,26H,1-4H3,(H,24,27)(H,25,28). The van der Waals surface area contributed by atoms with Crippen LogP contribution in [0.25, 0.3) is 0 Å². The SMILES string of the molecule is COc1ccc(C(=O)NC(C(=O)NN=Cc2cc(Br)c(O)c(OC)c2)C(C)C)cc1. The van der Waals surface area contributed by atoms with Crippen LogP contribution in [0.15, 0.2) is 46.0 Å². The van der Waals surface area contributed by atoms with Crippen LogP contribution < -0.4 is 20.2 Å². The molecule has 8 nitrogen and oxygen atoms in total. The van der Waals surface area contributed by atoms with E-state index in [1.165, 1.54) is 13.3 Å². The molecule has 0 aliphatic heterocycles. The third-order valence-electron chi connectivity index (χ3n) is 4.25. The predicted molar refractivity (Wildman–Crippen MR) is 117 cm³/mol. The van der Waals surface area contributed by atoms with Crippen molar-refractivity contribution in [1.29, 1.82) is 0 Å². The van der Waals surface area contributed by atoms with Gasteiger partial charge in [0.1, 0.15) is 11.8 Å². The third-order valence-corrected chi connectivity index (χ3v) is 4.85. The average Bonchev–Trinajstić information content (AvgIpc) is 2.73. The fraction of sp³-hybridized carbons (Fsp3) is 0.286. The summed E-state index contributed by atoms with van der Waals surface area (Å²) in [7, 11) is 2.98. The number of nitrogens with zero attached hydrogens (tertiary/aromatic N) is 1. The van der Waals surface area contributed by atoms with Crippen molar-refractivity contribution in [3.63, 3.8) is 0 Å². The molecule has 30 heavy (non-hydrogen) atoms. The third kappa shape index (κ3) is 5.96. The molecule has 0 fully saturated rings. The molecule has 3 N–H and O–H groups in total. The van der Waals surface area contributed by atoms with Gasteiger partial charge < -0.3 is 19.9 Å². The molecule has 160 valence electrons. The van der Waals surface area contributed by atoms with Gasteiger partial charge in [-0.1, -0.05) is 13.8 Å². The molecule has 0 aliphatic carbocycles. The van der Waals surface area contributed by atoms with Gasteiger partial charge in [0.05, 0.1) is 24.9 Å². The number of phenols is 1. The Hall–Kier alpha value is -3.07. The molecule has 2 amide bonds. The Morgan fingerprint density at radius 2 is 1.80 bits per heavy atom. The van der Waals surface area contributed by atoms with Crippen molar-refractivity contribution in [3.8, 4) is 17.2 Å². The van der Waals surface area contributed by atoms with E-state index in [2.05, 4.69) is 31.8 Å². The molecule has 1 unspecified atom stereocenters. The molecule has 9 heteroatoms. The zero-order valence-corrected chi connectivity index (χ0v) is 18.7. The molecule has 0 aliphatic rings. The minimum absolute atomic E-state index is 0.0280. The lowest BCUT2D eigenvalue weighted by Gasteiger charge is -2.20. The first-order valence-corrected chi connectivity index (χ1v) is 9.90. The maximum Gasteiger partial charge on any atom is 0.262 e.